The largest absolute Gasteiger partial charge is 0.347 e. The molecule has 0 bridgehead atoms. The van der Waals surface area contributed by atoms with E-state index in [0.29, 0.717) is 18.0 Å². The van der Waals surface area contributed by atoms with Gasteiger partial charge in [-0.15, -0.1) is 11.3 Å². The van der Waals surface area contributed by atoms with Gasteiger partial charge in [-0.05, 0) is 29.7 Å². The van der Waals surface area contributed by atoms with Crippen LogP contribution in [0.4, 0.5) is 0 Å². The molecule has 3 aromatic heterocycles. The standard InChI is InChI=1S/C25H23N5OS/c1-18-22-13-23(32-25(22)30(28-18)15-19-7-3-2-4-8-19)24(31)27-14-20-9-5-6-10-21(20)16-29-12-11-26-17-29/h2-13,17H,14-16H2,1H3,(H,27,31). The van der Waals surface area contributed by atoms with Crippen LogP contribution in [-0.4, -0.2) is 25.2 Å². The predicted molar refractivity (Wildman–Crippen MR) is 127 cm³/mol. The summed E-state index contributed by atoms with van der Waals surface area (Å²) in [5.41, 5.74) is 4.39. The number of hydrogen-bond acceptors (Lipinski definition) is 4. The summed E-state index contributed by atoms with van der Waals surface area (Å²) in [5, 5.41) is 8.80. The highest BCUT2D eigenvalue weighted by atomic mass is 32.1. The fourth-order valence-corrected chi connectivity index (χ4v) is 4.89. The molecule has 0 aliphatic carbocycles. The van der Waals surface area contributed by atoms with Crippen LogP contribution in [0.25, 0.3) is 10.2 Å². The lowest BCUT2D eigenvalue weighted by Crippen LogP contribution is -2.22. The summed E-state index contributed by atoms with van der Waals surface area (Å²) in [6, 6.07) is 20.4. The second-order valence-electron chi connectivity index (χ2n) is 7.74. The number of nitrogens with one attached hydrogen (secondary N) is 1. The van der Waals surface area contributed by atoms with Crippen molar-refractivity contribution in [2.75, 3.05) is 0 Å². The van der Waals surface area contributed by atoms with Crippen LogP contribution >= 0.6 is 11.3 Å². The Morgan fingerprint density at radius 1 is 1.03 bits per heavy atom. The minimum atomic E-state index is -0.0608. The van der Waals surface area contributed by atoms with E-state index in [1.165, 1.54) is 16.9 Å². The molecule has 0 radical (unpaired) electrons. The van der Waals surface area contributed by atoms with Crippen LogP contribution in [0.3, 0.4) is 0 Å². The lowest BCUT2D eigenvalue weighted by Gasteiger charge is -2.11. The van der Waals surface area contributed by atoms with Gasteiger partial charge in [-0.1, -0.05) is 54.6 Å². The number of amides is 1. The van der Waals surface area contributed by atoms with Crippen LogP contribution in [0.1, 0.15) is 32.1 Å². The maximum absolute atomic E-state index is 12.9. The molecule has 0 aliphatic heterocycles. The lowest BCUT2D eigenvalue weighted by molar-refractivity contribution is 0.0955. The highest BCUT2D eigenvalue weighted by molar-refractivity contribution is 7.20. The van der Waals surface area contributed by atoms with Gasteiger partial charge in [0.2, 0.25) is 0 Å². The molecular formula is C25H23N5OS. The van der Waals surface area contributed by atoms with E-state index in [0.717, 1.165) is 33.6 Å². The molecule has 7 heteroatoms. The summed E-state index contributed by atoms with van der Waals surface area (Å²) in [4.78, 5) is 18.8. The molecule has 0 spiro atoms. The van der Waals surface area contributed by atoms with Crippen LogP contribution in [0.15, 0.2) is 79.4 Å². The van der Waals surface area contributed by atoms with Gasteiger partial charge in [0.25, 0.3) is 5.91 Å². The van der Waals surface area contributed by atoms with Gasteiger partial charge in [-0.3, -0.25) is 9.48 Å². The number of nitrogens with zero attached hydrogens (tertiary/aromatic N) is 4. The first-order valence-corrected chi connectivity index (χ1v) is 11.3. The van der Waals surface area contributed by atoms with Crippen molar-refractivity contribution in [1.29, 1.82) is 0 Å². The monoisotopic (exact) mass is 441 g/mol. The van der Waals surface area contributed by atoms with Crippen LogP contribution < -0.4 is 5.32 Å². The van der Waals surface area contributed by atoms with Crippen molar-refractivity contribution in [3.8, 4) is 0 Å². The maximum atomic E-state index is 12.9. The number of hydrogen-bond donors (Lipinski definition) is 1. The molecule has 2 aromatic carbocycles. The highest BCUT2D eigenvalue weighted by Gasteiger charge is 2.17. The van der Waals surface area contributed by atoms with E-state index in [1.807, 2.05) is 58.8 Å². The molecule has 0 atom stereocenters. The van der Waals surface area contributed by atoms with Crippen molar-refractivity contribution in [2.45, 2.75) is 26.6 Å². The number of aromatic nitrogens is 4. The van der Waals surface area contributed by atoms with Crippen molar-refractivity contribution in [3.63, 3.8) is 0 Å². The molecule has 0 saturated carbocycles. The molecule has 6 nitrogen and oxygen atoms in total. The summed E-state index contributed by atoms with van der Waals surface area (Å²) < 4.78 is 4.01. The number of imidazole rings is 1. The van der Waals surface area contributed by atoms with Crippen molar-refractivity contribution >= 4 is 27.5 Å². The van der Waals surface area contributed by atoms with Gasteiger partial charge in [0.1, 0.15) is 4.83 Å². The van der Waals surface area contributed by atoms with E-state index in [9.17, 15) is 4.79 Å². The number of rotatable bonds is 7. The van der Waals surface area contributed by atoms with Gasteiger partial charge < -0.3 is 9.88 Å². The lowest BCUT2D eigenvalue weighted by atomic mass is 10.1. The smallest absolute Gasteiger partial charge is 0.261 e. The third kappa shape index (κ3) is 4.20. The number of thiophene rings is 1. The number of carbonyl (C=O) groups excluding carboxylic acids is 1. The van der Waals surface area contributed by atoms with Crippen LogP contribution in [-0.2, 0) is 19.6 Å². The fourth-order valence-electron chi connectivity index (χ4n) is 3.81. The molecule has 0 aliphatic rings. The minimum Gasteiger partial charge on any atom is -0.347 e. The Labute approximate surface area is 190 Å². The second kappa shape index (κ2) is 8.80. The van der Waals surface area contributed by atoms with E-state index < -0.39 is 0 Å². The Morgan fingerprint density at radius 2 is 1.81 bits per heavy atom. The van der Waals surface area contributed by atoms with E-state index in [4.69, 9.17) is 0 Å². The summed E-state index contributed by atoms with van der Waals surface area (Å²) >= 11 is 1.49. The van der Waals surface area contributed by atoms with Crippen molar-refractivity contribution < 1.29 is 4.79 Å². The molecule has 160 valence electrons. The van der Waals surface area contributed by atoms with Crippen molar-refractivity contribution in [1.82, 2.24) is 24.6 Å². The van der Waals surface area contributed by atoms with Gasteiger partial charge in [0, 0.05) is 30.9 Å². The number of aryl methyl sites for hydroxylation is 1. The van der Waals surface area contributed by atoms with E-state index >= 15 is 0 Å². The molecule has 0 unspecified atom stereocenters. The van der Waals surface area contributed by atoms with Crippen molar-refractivity contribution in [3.05, 3.63) is 107 Å². The molecule has 1 amide bonds. The fraction of sp³-hybridized carbons (Fsp3) is 0.160. The van der Waals surface area contributed by atoms with Gasteiger partial charge in [-0.2, -0.15) is 5.10 Å². The molecule has 1 N–H and O–H groups in total. The van der Waals surface area contributed by atoms with Gasteiger partial charge in [0.15, 0.2) is 0 Å². The molecule has 5 aromatic rings. The average molecular weight is 442 g/mol. The minimum absolute atomic E-state index is 0.0608. The van der Waals surface area contributed by atoms with Crippen LogP contribution in [0.5, 0.6) is 0 Å². The summed E-state index contributed by atoms with van der Waals surface area (Å²) in [5.74, 6) is -0.0608. The summed E-state index contributed by atoms with van der Waals surface area (Å²) in [6.07, 6.45) is 5.51. The van der Waals surface area contributed by atoms with Gasteiger partial charge in [0.05, 0.1) is 23.4 Å². The third-order valence-corrected chi connectivity index (χ3v) is 6.62. The second-order valence-corrected chi connectivity index (χ2v) is 8.78. The quantitative estimate of drug-likeness (QED) is 0.401. The SMILES string of the molecule is Cc1nn(Cc2ccccc2)c2sc(C(=O)NCc3ccccc3Cn3ccnc3)cc12. The normalized spacial score (nSPS) is 11.2. The average Bonchev–Trinajstić information content (AvgIpc) is 3.54. The molecular weight excluding hydrogens is 418 g/mol. The third-order valence-electron chi connectivity index (χ3n) is 5.48. The first kappa shape index (κ1) is 20.2. The van der Waals surface area contributed by atoms with E-state index in [2.05, 4.69) is 39.7 Å². The molecule has 3 heterocycles. The Hall–Kier alpha value is -3.71. The Bertz CT molecular complexity index is 1350. The topological polar surface area (TPSA) is 64.7 Å². The van der Waals surface area contributed by atoms with Gasteiger partial charge in [-0.25, -0.2) is 4.98 Å². The maximum Gasteiger partial charge on any atom is 0.261 e. The number of benzene rings is 2. The number of fused-ring (bicyclic) bond motifs is 1. The molecule has 0 saturated heterocycles. The molecule has 32 heavy (non-hydrogen) atoms. The van der Waals surface area contributed by atoms with Gasteiger partial charge >= 0.3 is 0 Å². The zero-order chi connectivity index (χ0) is 21.9. The highest BCUT2D eigenvalue weighted by Crippen LogP contribution is 2.29. The first-order valence-electron chi connectivity index (χ1n) is 10.5. The molecule has 0 fully saturated rings. The van der Waals surface area contributed by atoms with E-state index in [1.54, 1.807) is 12.5 Å². The Balaban J connectivity index is 1.32. The molecule has 5 rings (SSSR count). The van der Waals surface area contributed by atoms with Crippen LogP contribution in [0.2, 0.25) is 0 Å². The Morgan fingerprint density at radius 3 is 2.59 bits per heavy atom. The summed E-state index contributed by atoms with van der Waals surface area (Å²) in [7, 11) is 0. The number of carbonyl (C=O) groups is 1. The van der Waals surface area contributed by atoms with E-state index in [-0.39, 0.29) is 5.91 Å². The van der Waals surface area contributed by atoms with Crippen LogP contribution in [0, 0.1) is 6.92 Å². The zero-order valence-corrected chi connectivity index (χ0v) is 18.5. The zero-order valence-electron chi connectivity index (χ0n) is 17.7. The first-order chi connectivity index (χ1) is 15.7. The predicted octanol–water partition coefficient (Wildman–Crippen LogP) is 4.63. The van der Waals surface area contributed by atoms with Crippen molar-refractivity contribution in [2.24, 2.45) is 0 Å². The Kier molecular flexibility index (Phi) is 5.56. The summed E-state index contributed by atoms with van der Waals surface area (Å²) in [6.45, 7) is 3.88.